The minimum absolute atomic E-state index is 0.0930. The molecule has 0 unspecified atom stereocenters. The molecule has 1 saturated heterocycles. The number of hydrogen-bond acceptors (Lipinski definition) is 8. The molecule has 4 aliphatic rings. The molecule has 5 aromatic carbocycles. The lowest BCUT2D eigenvalue weighted by Gasteiger charge is -2.55. The topological polar surface area (TPSA) is 119 Å². The predicted molar refractivity (Wildman–Crippen MR) is 229 cm³/mol. The highest BCUT2D eigenvalue weighted by atomic mass is 16.5. The van der Waals surface area contributed by atoms with Gasteiger partial charge in [-0.25, -0.2) is 0 Å². The molecule has 5 aromatic rings. The summed E-state index contributed by atoms with van der Waals surface area (Å²) >= 11 is 0. The molecule has 9 nitrogen and oxygen atoms in total. The van der Waals surface area contributed by atoms with E-state index in [-0.39, 0.29) is 42.0 Å². The van der Waals surface area contributed by atoms with Crippen molar-refractivity contribution in [2.24, 2.45) is 23.7 Å². The zero-order valence-corrected chi connectivity index (χ0v) is 33.4. The molecule has 60 heavy (non-hydrogen) atoms. The van der Waals surface area contributed by atoms with Gasteiger partial charge in [0.05, 0.1) is 44.3 Å². The first kappa shape index (κ1) is 38.5. The van der Waals surface area contributed by atoms with Crippen LogP contribution in [0.4, 0.5) is 5.69 Å². The van der Waals surface area contributed by atoms with Gasteiger partial charge < -0.3 is 19.3 Å². The number of allylic oxidation sites excluding steroid dienone is 4. The molecule has 2 amide bonds. The Balaban J connectivity index is 1.13. The van der Waals surface area contributed by atoms with Gasteiger partial charge in [-0.3, -0.25) is 24.1 Å². The maximum atomic E-state index is 15.3. The minimum Gasteiger partial charge on any atom is -0.508 e. The largest absolute Gasteiger partial charge is 0.508 e. The van der Waals surface area contributed by atoms with E-state index in [0.717, 1.165) is 16.7 Å². The second-order valence-corrected chi connectivity index (χ2v) is 15.8. The van der Waals surface area contributed by atoms with E-state index in [1.807, 2.05) is 109 Å². The lowest BCUT2D eigenvalue weighted by atomic mass is 9.44. The monoisotopic (exact) mass is 797 g/mol. The second kappa shape index (κ2) is 15.3. The van der Waals surface area contributed by atoms with Gasteiger partial charge in [0.1, 0.15) is 23.0 Å². The first-order valence-electron chi connectivity index (χ1n) is 20.1. The van der Waals surface area contributed by atoms with Crippen molar-refractivity contribution >= 4 is 46.8 Å². The Labute approximate surface area is 348 Å². The third kappa shape index (κ3) is 6.06. The summed E-state index contributed by atoms with van der Waals surface area (Å²) in [6.45, 7) is 0. The van der Waals surface area contributed by atoms with Crippen LogP contribution in [-0.4, -0.2) is 49.8 Å². The molecule has 1 heterocycles. The van der Waals surface area contributed by atoms with Gasteiger partial charge in [0.15, 0.2) is 11.6 Å². The van der Waals surface area contributed by atoms with Crippen molar-refractivity contribution in [1.82, 2.24) is 0 Å². The van der Waals surface area contributed by atoms with E-state index in [0.29, 0.717) is 45.2 Å². The van der Waals surface area contributed by atoms with Crippen molar-refractivity contribution in [1.29, 1.82) is 0 Å². The fraction of sp³-hybridized carbons (Fsp3) is 0.216. The highest BCUT2D eigenvalue weighted by molar-refractivity contribution is 6.32. The number of hydrogen-bond donors (Lipinski definition) is 1. The number of anilines is 1. The summed E-state index contributed by atoms with van der Waals surface area (Å²) in [5.74, 6) is -3.20. The number of rotatable bonds is 9. The number of carbonyl (C=O) groups excluding carboxylic acids is 4. The molecular formula is C51H43NO8. The van der Waals surface area contributed by atoms with Crippen molar-refractivity contribution < 1.29 is 38.5 Å². The fourth-order valence-corrected chi connectivity index (χ4v) is 10.3. The zero-order valence-electron chi connectivity index (χ0n) is 33.4. The molecule has 0 bridgehead atoms. The minimum atomic E-state index is -1.46. The van der Waals surface area contributed by atoms with Crippen LogP contribution in [0.25, 0.3) is 17.7 Å². The van der Waals surface area contributed by atoms with Gasteiger partial charge in [-0.15, -0.1) is 0 Å². The number of aromatic hydroxyl groups is 1. The van der Waals surface area contributed by atoms with Crippen LogP contribution in [0.3, 0.4) is 0 Å². The Morgan fingerprint density at radius 1 is 0.717 bits per heavy atom. The van der Waals surface area contributed by atoms with Gasteiger partial charge in [-0.05, 0) is 77.9 Å². The summed E-state index contributed by atoms with van der Waals surface area (Å²) in [4.78, 5) is 61.0. The number of ketones is 2. The molecule has 1 saturated carbocycles. The number of fused-ring (bicyclic) bond motifs is 4. The lowest BCUT2D eigenvalue weighted by molar-refractivity contribution is -0.135. The normalized spacial score (nSPS) is 24.6. The maximum Gasteiger partial charge on any atom is 0.238 e. The average molecular weight is 798 g/mol. The lowest BCUT2D eigenvalue weighted by Crippen LogP contribution is -2.58. The number of methoxy groups -OCH3 is 3. The molecular weight excluding hydrogens is 755 g/mol. The summed E-state index contributed by atoms with van der Waals surface area (Å²) in [7, 11) is 4.72. The van der Waals surface area contributed by atoms with Crippen LogP contribution >= 0.6 is 0 Å². The summed E-state index contributed by atoms with van der Waals surface area (Å²) in [5.41, 5.74) is 3.47. The molecule has 300 valence electrons. The smallest absolute Gasteiger partial charge is 0.238 e. The van der Waals surface area contributed by atoms with Gasteiger partial charge in [0, 0.05) is 34.6 Å². The van der Waals surface area contributed by atoms with E-state index in [1.165, 1.54) is 24.2 Å². The summed E-state index contributed by atoms with van der Waals surface area (Å²) in [5, 5.41) is 11.8. The third-order valence-corrected chi connectivity index (χ3v) is 13.0. The average Bonchev–Trinajstić information content (AvgIpc) is 3.55. The maximum absolute atomic E-state index is 15.3. The Morgan fingerprint density at radius 2 is 1.40 bits per heavy atom. The van der Waals surface area contributed by atoms with Gasteiger partial charge in [0.25, 0.3) is 0 Å². The van der Waals surface area contributed by atoms with E-state index in [9.17, 15) is 14.7 Å². The Bertz CT molecular complexity index is 2630. The van der Waals surface area contributed by atoms with E-state index in [1.54, 1.807) is 38.5 Å². The molecule has 6 atom stereocenters. The van der Waals surface area contributed by atoms with Crippen molar-refractivity contribution in [3.8, 4) is 23.0 Å². The molecule has 9 rings (SSSR count). The SMILES string of the molecule is COc1ccc([C@H]2C3=CC[C@@H]4C(=O)N(c5ccc(C=Cc6cc(OC)ccc6OC)cc5)C(=O)[C@@H]4[C@@H]3C[C@H]3C(=O)C(c4ccccc4)=CC(=O)[C@@]23c2ccccc2)c(O)c1. The van der Waals surface area contributed by atoms with Gasteiger partial charge in [-0.2, -0.15) is 0 Å². The molecule has 1 aliphatic heterocycles. The van der Waals surface area contributed by atoms with Crippen LogP contribution in [-0.2, 0) is 24.6 Å². The van der Waals surface area contributed by atoms with Crippen LogP contribution in [0.2, 0.25) is 0 Å². The molecule has 0 aromatic heterocycles. The second-order valence-electron chi connectivity index (χ2n) is 15.8. The highest BCUT2D eigenvalue weighted by Crippen LogP contribution is 2.64. The van der Waals surface area contributed by atoms with E-state index in [4.69, 9.17) is 14.2 Å². The number of amides is 2. The number of ether oxygens (including phenoxy) is 3. The van der Waals surface area contributed by atoms with E-state index >= 15 is 9.59 Å². The van der Waals surface area contributed by atoms with Crippen molar-refractivity contribution in [3.05, 3.63) is 167 Å². The first-order chi connectivity index (χ1) is 29.2. The number of phenolic OH excluding ortho intramolecular Hbond substituents is 1. The number of imide groups is 1. The third-order valence-electron chi connectivity index (χ3n) is 13.0. The Kier molecular flexibility index (Phi) is 9.83. The van der Waals surface area contributed by atoms with Crippen LogP contribution in [0.1, 0.15) is 46.6 Å². The zero-order chi connectivity index (χ0) is 41.7. The number of carbonyl (C=O) groups is 4. The van der Waals surface area contributed by atoms with Crippen LogP contribution in [0.5, 0.6) is 23.0 Å². The van der Waals surface area contributed by atoms with Crippen molar-refractivity contribution in [2.75, 3.05) is 26.2 Å². The number of Topliss-reactive ketones (excluding diaryl/α,β-unsaturated/α-hetero) is 1. The van der Waals surface area contributed by atoms with E-state index < -0.39 is 35.0 Å². The summed E-state index contributed by atoms with van der Waals surface area (Å²) in [6, 6.07) is 36.2. The van der Waals surface area contributed by atoms with Crippen LogP contribution in [0, 0.1) is 23.7 Å². The molecule has 0 radical (unpaired) electrons. The first-order valence-corrected chi connectivity index (χ1v) is 20.1. The number of benzene rings is 5. The van der Waals surface area contributed by atoms with Crippen molar-refractivity contribution in [3.63, 3.8) is 0 Å². The predicted octanol–water partition coefficient (Wildman–Crippen LogP) is 8.62. The standard InChI is InChI=1S/C51H43NO8/c1-58-35-21-25-44(60-3)32(26-35)17-14-30-15-18-34(19-16-30)52-49(56)39-24-23-37-41(46(39)50(52)57)28-42-48(55)40(31-10-6-4-7-11-31)29-45(54)51(42,33-12-8-5-9-13-33)47(37)38-22-20-36(59-2)27-43(38)53/h4-23,25-27,29,39,41-42,46-47,53H,24,28H2,1-3H3/t39-,41+,42-,46-,47+,51-/m0/s1. The summed E-state index contributed by atoms with van der Waals surface area (Å²) in [6.07, 6.45) is 7.71. The van der Waals surface area contributed by atoms with Gasteiger partial charge in [0.2, 0.25) is 11.8 Å². The van der Waals surface area contributed by atoms with Gasteiger partial charge in [-0.1, -0.05) is 103 Å². The fourth-order valence-electron chi connectivity index (χ4n) is 10.3. The number of phenols is 1. The Hall–Kier alpha value is -7.00. The summed E-state index contributed by atoms with van der Waals surface area (Å²) < 4.78 is 16.4. The van der Waals surface area contributed by atoms with Crippen LogP contribution in [0.15, 0.2) is 139 Å². The number of nitrogens with zero attached hydrogens (tertiary/aromatic N) is 1. The molecule has 9 heteroatoms. The quantitative estimate of drug-likeness (QED) is 0.0895. The Morgan fingerprint density at radius 3 is 2.08 bits per heavy atom. The molecule has 2 fully saturated rings. The molecule has 0 spiro atoms. The highest BCUT2D eigenvalue weighted by Gasteiger charge is 2.66. The van der Waals surface area contributed by atoms with Crippen LogP contribution < -0.4 is 19.1 Å². The van der Waals surface area contributed by atoms with Gasteiger partial charge >= 0.3 is 0 Å². The van der Waals surface area contributed by atoms with E-state index in [2.05, 4.69) is 0 Å². The molecule has 1 N–H and O–H groups in total. The molecule has 3 aliphatic carbocycles. The van der Waals surface area contributed by atoms with Crippen molar-refractivity contribution in [2.45, 2.75) is 24.2 Å².